The van der Waals surface area contributed by atoms with Gasteiger partial charge >= 0.3 is 0 Å². The number of thioether (sulfide) groups is 1. The van der Waals surface area contributed by atoms with Crippen molar-refractivity contribution >= 4 is 21.8 Å². The van der Waals surface area contributed by atoms with E-state index in [0.717, 1.165) is 17.1 Å². The zero-order valence-electron chi connectivity index (χ0n) is 11.8. The fourth-order valence-electron chi connectivity index (χ4n) is 2.18. The first-order valence-electron chi connectivity index (χ1n) is 6.49. The number of nitrogens with zero attached hydrogens (tertiary/aromatic N) is 1. The molecule has 0 unspecified atom stereocenters. The van der Waals surface area contributed by atoms with Crippen molar-refractivity contribution < 1.29 is 13.2 Å². The van der Waals surface area contributed by atoms with Gasteiger partial charge in [0.2, 0.25) is 10.0 Å². The van der Waals surface area contributed by atoms with Gasteiger partial charge in [0.25, 0.3) is 0 Å². The largest absolute Gasteiger partial charge is 0.496 e. The van der Waals surface area contributed by atoms with Crippen molar-refractivity contribution in [1.29, 1.82) is 0 Å². The van der Waals surface area contributed by atoms with Crippen LogP contribution >= 0.6 is 11.8 Å². The maximum absolute atomic E-state index is 12.6. The van der Waals surface area contributed by atoms with Crippen LogP contribution in [0.5, 0.6) is 5.75 Å². The Hall–Kier alpha value is -0.760. The Morgan fingerprint density at radius 1 is 1.35 bits per heavy atom. The Kier molecular flexibility index (Phi) is 5.31. The summed E-state index contributed by atoms with van der Waals surface area (Å²) in [5.41, 5.74) is 0.849. The molecular formula is C13H20N2O3S2. The molecule has 0 amide bonds. The summed E-state index contributed by atoms with van der Waals surface area (Å²) >= 11 is 1.79. The van der Waals surface area contributed by atoms with Crippen LogP contribution < -0.4 is 10.1 Å². The second-order valence-electron chi connectivity index (χ2n) is 4.52. The van der Waals surface area contributed by atoms with Gasteiger partial charge in [-0.3, -0.25) is 0 Å². The molecule has 1 aliphatic heterocycles. The standard InChI is InChI=1S/C13H20N2O3S2/c1-14-10-11-9-12(3-4-13(11)18-2)20(16,17)15-5-7-19-8-6-15/h3-4,9,14H,5-8,10H2,1-2H3. The van der Waals surface area contributed by atoms with Crippen LogP contribution in [0.3, 0.4) is 0 Å². The maximum atomic E-state index is 12.6. The Morgan fingerprint density at radius 3 is 2.65 bits per heavy atom. The minimum atomic E-state index is -3.39. The molecule has 1 heterocycles. The van der Waals surface area contributed by atoms with Gasteiger partial charge in [-0.25, -0.2) is 8.42 Å². The molecule has 7 heteroatoms. The molecule has 1 aromatic carbocycles. The highest BCUT2D eigenvalue weighted by Crippen LogP contribution is 2.25. The topological polar surface area (TPSA) is 58.6 Å². The first-order chi connectivity index (χ1) is 9.59. The smallest absolute Gasteiger partial charge is 0.243 e. The first-order valence-corrected chi connectivity index (χ1v) is 9.08. The van der Waals surface area contributed by atoms with E-state index in [1.165, 1.54) is 0 Å². The minimum Gasteiger partial charge on any atom is -0.496 e. The van der Waals surface area contributed by atoms with Gasteiger partial charge in [0.1, 0.15) is 5.75 Å². The van der Waals surface area contributed by atoms with Crippen molar-refractivity contribution in [3.8, 4) is 5.75 Å². The van der Waals surface area contributed by atoms with E-state index in [1.807, 2.05) is 7.05 Å². The van der Waals surface area contributed by atoms with Gasteiger partial charge in [0.15, 0.2) is 0 Å². The number of rotatable bonds is 5. The van der Waals surface area contributed by atoms with Crippen molar-refractivity contribution in [1.82, 2.24) is 9.62 Å². The Bertz CT molecular complexity index is 555. The highest BCUT2D eigenvalue weighted by Gasteiger charge is 2.26. The van der Waals surface area contributed by atoms with Crippen LogP contribution in [0, 0.1) is 0 Å². The molecular weight excluding hydrogens is 296 g/mol. The highest BCUT2D eigenvalue weighted by molar-refractivity contribution is 7.99. The van der Waals surface area contributed by atoms with E-state index >= 15 is 0 Å². The molecule has 0 spiro atoms. The van der Waals surface area contributed by atoms with Gasteiger partial charge in [0, 0.05) is 36.7 Å². The van der Waals surface area contributed by atoms with E-state index in [0.29, 0.717) is 30.3 Å². The molecule has 0 bridgehead atoms. The Balaban J connectivity index is 2.33. The zero-order chi connectivity index (χ0) is 14.6. The van der Waals surface area contributed by atoms with Crippen LogP contribution in [0.2, 0.25) is 0 Å². The Labute approximate surface area is 124 Å². The molecule has 0 radical (unpaired) electrons. The summed E-state index contributed by atoms with van der Waals surface area (Å²) in [6.07, 6.45) is 0. The van der Waals surface area contributed by atoms with Gasteiger partial charge in [-0.1, -0.05) is 0 Å². The van der Waals surface area contributed by atoms with Crippen molar-refractivity contribution in [2.45, 2.75) is 11.4 Å². The average Bonchev–Trinajstić information content (AvgIpc) is 2.48. The van der Waals surface area contributed by atoms with Gasteiger partial charge in [-0.2, -0.15) is 16.1 Å². The molecule has 0 aliphatic carbocycles. The van der Waals surface area contributed by atoms with Crippen LogP contribution in [0.15, 0.2) is 23.1 Å². The summed E-state index contributed by atoms with van der Waals surface area (Å²) in [4.78, 5) is 0.343. The summed E-state index contributed by atoms with van der Waals surface area (Å²) in [5, 5.41) is 3.03. The van der Waals surface area contributed by atoms with E-state index < -0.39 is 10.0 Å². The molecule has 1 saturated heterocycles. The summed E-state index contributed by atoms with van der Waals surface area (Å²) in [5.74, 6) is 2.42. The minimum absolute atomic E-state index is 0.343. The lowest BCUT2D eigenvalue weighted by Gasteiger charge is -2.26. The number of benzene rings is 1. The monoisotopic (exact) mass is 316 g/mol. The number of nitrogens with one attached hydrogen (secondary N) is 1. The fraction of sp³-hybridized carbons (Fsp3) is 0.538. The predicted octanol–water partition coefficient (Wildman–Crippen LogP) is 1.15. The summed E-state index contributed by atoms with van der Waals surface area (Å²) in [6, 6.07) is 5.04. The highest BCUT2D eigenvalue weighted by atomic mass is 32.2. The van der Waals surface area contributed by atoms with Gasteiger partial charge in [-0.05, 0) is 25.2 Å². The van der Waals surface area contributed by atoms with Crippen LogP contribution in [0.1, 0.15) is 5.56 Å². The molecule has 1 fully saturated rings. The molecule has 5 nitrogen and oxygen atoms in total. The molecule has 0 atom stereocenters. The van der Waals surface area contributed by atoms with Gasteiger partial charge in [-0.15, -0.1) is 0 Å². The van der Waals surface area contributed by atoms with Crippen molar-refractivity contribution in [3.63, 3.8) is 0 Å². The predicted molar refractivity (Wildman–Crippen MR) is 81.8 cm³/mol. The van der Waals surface area contributed by atoms with E-state index in [2.05, 4.69) is 5.32 Å². The maximum Gasteiger partial charge on any atom is 0.243 e. The van der Waals surface area contributed by atoms with E-state index in [-0.39, 0.29) is 0 Å². The van der Waals surface area contributed by atoms with E-state index in [1.54, 1.807) is 41.4 Å². The zero-order valence-corrected chi connectivity index (χ0v) is 13.4. The van der Waals surface area contributed by atoms with E-state index in [9.17, 15) is 8.42 Å². The third-order valence-electron chi connectivity index (χ3n) is 3.23. The average molecular weight is 316 g/mol. The van der Waals surface area contributed by atoms with Crippen LogP contribution in [-0.2, 0) is 16.6 Å². The molecule has 2 rings (SSSR count). The molecule has 1 aromatic rings. The van der Waals surface area contributed by atoms with Gasteiger partial charge in [0.05, 0.1) is 12.0 Å². The molecule has 0 aromatic heterocycles. The molecule has 0 saturated carbocycles. The number of hydrogen-bond donors (Lipinski definition) is 1. The number of sulfonamides is 1. The molecule has 112 valence electrons. The number of ether oxygens (including phenoxy) is 1. The van der Waals surface area contributed by atoms with Crippen molar-refractivity contribution in [2.75, 3.05) is 38.8 Å². The fourth-order valence-corrected chi connectivity index (χ4v) is 4.81. The van der Waals surface area contributed by atoms with Crippen LogP contribution in [0.25, 0.3) is 0 Å². The lowest BCUT2D eigenvalue weighted by Crippen LogP contribution is -2.37. The van der Waals surface area contributed by atoms with E-state index in [4.69, 9.17) is 4.74 Å². The summed E-state index contributed by atoms with van der Waals surface area (Å²) in [7, 11) is 0.0186. The quantitative estimate of drug-likeness (QED) is 0.883. The van der Waals surface area contributed by atoms with Crippen LogP contribution in [0.4, 0.5) is 0 Å². The molecule has 20 heavy (non-hydrogen) atoms. The number of methoxy groups -OCH3 is 1. The molecule has 1 aliphatic rings. The summed E-state index contributed by atoms with van der Waals surface area (Å²) in [6.45, 7) is 1.74. The van der Waals surface area contributed by atoms with Crippen molar-refractivity contribution in [3.05, 3.63) is 23.8 Å². The lowest BCUT2D eigenvalue weighted by molar-refractivity contribution is 0.407. The molecule has 1 N–H and O–H groups in total. The van der Waals surface area contributed by atoms with Crippen LogP contribution in [-0.4, -0.2) is 51.5 Å². The second-order valence-corrected chi connectivity index (χ2v) is 7.68. The third-order valence-corrected chi connectivity index (χ3v) is 6.06. The Morgan fingerprint density at radius 2 is 2.05 bits per heavy atom. The van der Waals surface area contributed by atoms with Crippen molar-refractivity contribution in [2.24, 2.45) is 0 Å². The SMILES string of the molecule is CNCc1cc(S(=O)(=O)N2CCSCC2)ccc1OC. The lowest BCUT2D eigenvalue weighted by atomic mass is 10.2. The normalized spacial score (nSPS) is 17.1. The first kappa shape index (κ1) is 15.6. The third kappa shape index (κ3) is 3.28. The number of hydrogen-bond acceptors (Lipinski definition) is 5. The van der Waals surface area contributed by atoms with Gasteiger partial charge < -0.3 is 10.1 Å². The second kappa shape index (κ2) is 6.80. The summed E-state index contributed by atoms with van der Waals surface area (Å²) < 4.78 is 32.0.